The molecule has 0 radical (unpaired) electrons. The van der Waals surface area contributed by atoms with Gasteiger partial charge in [-0.15, -0.1) is 0 Å². The monoisotopic (exact) mass is 286 g/mol. The minimum atomic E-state index is -0.0179. The summed E-state index contributed by atoms with van der Waals surface area (Å²) in [6.45, 7) is 0.538. The van der Waals surface area contributed by atoms with Crippen LogP contribution in [0.4, 0.5) is 0 Å². The standard InChI is InChI=1S/C12H15BrO3/c1-15-7-10-5-9(6-13)3-4-11(10)12(14)8-16-2/h3-5H,6-8H2,1-2H3. The number of ether oxygens (including phenoxy) is 2. The largest absolute Gasteiger partial charge is 0.380 e. The van der Waals surface area contributed by atoms with Gasteiger partial charge in [-0.05, 0) is 11.1 Å². The summed E-state index contributed by atoms with van der Waals surface area (Å²) in [7, 11) is 3.13. The van der Waals surface area contributed by atoms with E-state index < -0.39 is 0 Å². The number of halogens is 1. The molecule has 0 saturated carbocycles. The summed E-state index contributed by atoms with van der Waals surface area (Å²) in [5, 5.41) is 0.766. The number of rotatable bonds is 6. The molecule has 0 heterocycles. The molecule has 1 aromatic carbocycles. The fourth-order valence-corrected chi connectivity index (χ4v) is 1.83. The Morgan fingerprint density at radius 2 is 2.06 bits per heavy atom. The molecule has 1 rings (SSSR count). The van der Waals surface area contributed by atoms with Crippen LogP contribution in [0.5, 0.6) is 0 Å². The summed E-state index contributed by atoms with van der Waals surface area (Å²) < 4.78 is 9.94. The zero-order chi connectivity index (χ0) is 12.0. The van der Waals surface area contributed by atoms with Crippen LogP contribution in [0.25, 0.3) is 0 Å². The van der Waals surface area contributed by atoms with E-state index in [1.54, 1.807) is 7.11 Å². The van der Waals surface area contributed by atoms with E-state index in [1.165, 1.54) is 7.11 Å². The second-order valence-electron chi connectivity index (χ2n) is 3.41. The molecule has 0 unspecified atom stereocenters. The quantitative estimate of drug-likeness (QED) is 0.596. The van der Waals surface area contributed by atoms with Gasteiger partial charge >= 0.3 is 0 Å². The van der Waals surface area contributed by atoms with E-state index in [9.17, 15) is 4.79 Å². The number of ketones is 1. The molecule has 0 atom stereocenters. The summed E-state index contributed by atoms with van der Waals surface area (Å²) in [4.78, 5) is 11.7. The van der Waals surface area contributed by atoms with Crippen molar-refractivity contribution in [2.75, 3.05) is 20.8 Å². The highest BCUT2D eigenvalue weighted by Gasteiger charge is 2.11. The first-order valence-electron chi connectivity index (χ1n) is 4.91. The maximum absolute atomic E-state index is 11.7. The van der Waals surface area contributed by atoms with Crippen LogP contribution in [0.2, 0.25) is 0 Å². The lowest BCUT2D eigenvalue weighted by Gasteiger charge is -2.09. The van der Waals surface area contributed by atoms with E-state index in [1.807, 2.05) is 18.2 Å². The zero-order valence-electron chi connectivity index (χ0n) is 9.46. The molecular weight excluding hydrogens is 272 g/mol. The Bertz CT molecular complexity index is 363. The third-order valence-corrected chi connectivity index (χ3v) is 2.85. The first kappa shape index (κ1) is 13.4. The van der Waals surface area contributed by atoms with E-state index in [2.05, 4.69) is 15.9 Å². The van der Waals surface area contributed by atoms with Gasteiger partial charge in [0.05, 0.1) is 6.61 Å². The highest BCUT2D eigenvalue weighted by atomic mass is 79.9. The molecule has 0 aromatic heterocycles. The van der Waals surface area contributed by atoms with Crippen LogP contribution < -0.4 is 0 Å². The van der Waals surface area contributed by atoms with Crippen molar-refractivity contribution in [1.29, 1.82) is 0 Å². The lowest BCUT2D eigenvalue weighted by Crippen LogP contribution is -2.10. The van der Waals surface area contributed by atoms with Gasteiger partial charge in [-0.25, -0.2) is 0 Å². The van der Waals surface area contributed by atoms with Gasteiger partial charge in [0.25, 0.3) is 0 Å². The number of hydrogen-bond acceptors (Lipinski definition) is 3. The molecule has 0 aliphatic carbocycles. The molecule has 3 nitrogen and oxygen atoms in total. The summed E-state index contributed by atoms with van der Waals surface area (Å²) >= 11 is 3.38. The van der Waals surface area contributed by atoms with E-state index in [4.69, 9.17) is 9.47 Å². The minimum absolute atomic E-state index is 0.0179. The number of benzene rings is 1. The molecular formula is C12H15BrO3. The van der Waals surface area contributed by atoms with Crippen LogP contribution in [-0.4, -0.2) is 26.6 Å². The summed E-state index contributed by atoms with van der Waals surface area (Å²) in [5.41, 5.74) is 2.70. The van der Waals surface area contributed by atoms with E-state index in [-0.39, 0.29) is 12.4 Å². The van der Waals surface area contributed by atoms with Crippen molar-refractivity contribution in [3.05, 3.63) is 34.9 Å². The second-order valence-corrected chi connectivity index (χ2v) is 3.98. The topological polar surface area (TPSA) is 35.5 Å². The average molecular weight is 287 g/mol. The summed E-state index contributed by atoms with van der Waals surface area (Å²) in [6, 6.07) is 5.73. The lowest BCUT2D eigenvalue weighted by molar-refractivity contribution is 0.0843. The Labute approximate surface area is 104 Å². The second kappa shape index (κ2) is 6.78. The van der Waals surface area contributed by atoms with E-state index in [0.717, 1.165) is 16.5 Å². The predicted molar refractivity (Wildman–Crippen MR) is 66.0 cm³/mol. The van der Waals surface area contributed by atoms with Crippen LogP contribution >= 0.6 is 15.9 Å². The Morgan fingerprint density at radius 1 is 1.31 bits per heavy atom. The van der Waals surface area contributed by atoms with Crippen molar-refractivity contribution in [2.45, 2.75) is 11.9 Å². The molecule has 4 heteroatoms. The molecule has 16 heavy (non-hydrogen) atoms. The Kier molecular flexibility index (Phi) is 5.66. The minimum Gasteiger partial charge on any atom is -0.380 e. The molecule has 0 saturated heterocycles. The number of carbonyl (C=O) groups is 1. The van der Waals surface area contributed by atoms with Crippen molar-refractivity contribution in [3.8, 4) is 0 Å². The van der Waals surface area contributed by atoms with Crippen molar-refractivity contribution >= 4 is 21.7 Å². The van der Waals surface area contributed by atoms with E-state index >= 15 is 0 Å². The van der Waals surface area contributed by atoms with Crippen LogP contribution in [-0.2, 0) is 21.4 Å². The lowest BCUT2D eigenvalue weighted by atomic mass is 10.0. The fourth-order valence-electron chi connectivity index (χ4n) is 1.49. The van der Waals surface area contributed by atoms with Gasteiger partial charge in [-0.3, -0.25) is 4.79 Å². The zero-order valence-corrected chi connectivity index (χ0v) is 11.0. The Hall–Kier alpha value is -0.710. The number of alkyl halides is 1. The third-order valence-electron chi connectivity index (χ3n) is 2.20. The number of hydrogen-bond donors (Lipinski definition) is 0. The van der Waals surface area contributed by atoms with Gasteiger partial charge in [0, 0.05) is 25.1 Å². The first-order chi connectivity index (χ1) is 7.72. The smallest absolute Gasteiger partial charge is 0.188 e. The Morgan fingerprint density at radius 3 is 2.62 bits per heavy atom. The van der Waals surface area contributed by atoms with Crippen molar-refractivity contribution in [2.24, 2.45) is 0 Å². The van der Waals surface area contributed by atoms with Crippen molar-refractivity contribution in [3.63, 3.8) is 0 Å². The highest BCUT2D eigenvalue weighted by Crippen LogP contribution is 2.16. The average Bonchev–Trinajstić information content (AvgIpc) is 2.29. The predicted octanol–water partition coefficient (Wildman–Crippen LogP) is 2.56. The van der Waals surface area contributed by atoms with Crippen LogP contribution in [0, 0.1) is 0 Å². The van der Waals surface area contributed by atoms with Crippen LogP contribution in [0.3, 0.4) is 0 Å². The molecule has 0 fully saturated rings. The van der Waals surface area contributed by atoms with Gasteiger partial charge in [0.2, 0.25) is 0 Å². The fraction of sp³-hybridized carbons (Fsp3) is 0.417. The molecule has 0 spiro atoms. The van der Waals surface area contributed by atoms with Crippen molar-refractivity contribution in [1.82, 2.24) is 0 Å². The highest BCUT2D eigenvalue weighted by molar-refractivity contribution is 9.08. The third kappa shape index (κ3) is 3.40. The van der Waals surface area contributed by atoms with Crippen LogP contribution in [0.1, 0.15) is 21.5 Å². The number of Topliss-reactive ketones (excluding diaryl/α,β-unsaturated/α-hetero) is 1. The van der Waals surface area contributed by atoms with Gasteiger partial charge in [-0.1, -0.05) is 34.1 Å². The molecule has 1 aromatic rings. The number of carbonyl (C=O) groups excluding carboxylic acids is 1. The Balaban J connectivity index is 3.01. The van der Waals surface area contributed by atoms with Gasteiger partial charge < -0.3 is 9.47 Å². The van der Waals surface area contributed by atoms with Gasteiger partial charge in [-0.2, -0.15) is 0 Å². The number of methoxy groups -OCH3 is 2. The summed E-state index contributed by atoms with van der Waals surface area (Å²) in [6.07, 6.45) is 0. The van der Waals surface area contributed by atoms with E-state index in [0.29, 0.717) is 12.2 Å². The van der Waals surface area contributed by atoms with Crippen LogP contribution in [0.15, 0.2) is 18.2 Å². The molecule has 0 N–H and O–H groups in total. The molecule has 0 amide bonds. The maximum atomic E-state index is 11.7. The molecule has 0 bridgehead atoms. The normalized spacial score (nSPS) is 10.4. The summed E-state index contributed by atoms with van der Waals surface area (Å²) in [5.74, 6) is -0.0179. The molecule has 0 aliphatic heterocycles. The van der Waals surface area contributed by atoms with Crippen molar-refractivity contribution < 1.29 is 14.3 Å². The van der Waals surface area contributed by atoms with Gasteiger partial charge in [0.15, 0.2) is 5.78 Å². The SMILES string of the molecule is COCC(=O)c1ccc(CBr)cc1COC. The van der Waals surface area contributed by atoms with Gasteiger partial charge in [0.1, 0.15) is 6.61 Å². The molecule has 88 valence electrons. The molecule has 0 aliphatic rings. The first-order valence-corrected chi connectivity index (χ1v) is 6.04. The maximum Gasteiger partial charge on any atom is 0.188 e.